The molecule has 0 saturated heterocycles. The first kappa shape index (κ1) is 8.28. The van der Waals surface area contributed by atoms with E-state index in [1.165, 1.54) is 6.07 Å². The Morgan fingerprint density at radius 1 is 1.50 bits per heavy atom. The van der Waals surface area contributed by atoms with Crippen LogP contribution in [0.1, 0.15) is 15.9 Å². The third-order valence-electron chi connectivity index (χ3n) is 1.51. The highest BCUT2D eigenvalue weighted by atomic mass is 16.4. The molecule has 0 amide bonds. The zero-order chi connectivity index (χ0) is 8.97. The number of benzene rings is 1. The van der Waals surface area contributed by atoms with Crippen molar-refractivity contribution in [3.8, 4) is 6.07 Å². The number of carboxylic acid groups (broad SMARTS) is 1. The first-order valence-electron chi connectivity index (χ1n) is 3.42. The van der Waals surface area contributed by atoms with Crippen LogP contribution in [0.3, 0.4) is 0 Å². The lowest BCUT2D eigenvalue weighted by Crippen LogP contribution is -2.23. The minimum Gasteiger partial charge on any atom is -0.545 e. The second-order valence-electron chi connectivity index (χ2n) is 2.28. The Morgan fingerprint density at radius 3 is 2.75 bits per heavy atom. The number of hydrogen-bond acceptors (Lipinski definition) is 3. The Labute approximate surface area is 69.9 Å². The number of rotatable bonds is 2. The van der Waals surface area contributed by atoms with Crippen molar-refractivity contribution in [1.29, 1.82) is 5.26 Å². The fraction of sp³-hybridized carbons (Fsp3) is 0.111. The average Bonchev–Trinajstić information content (AvgIpc) is 2.05. The summed E-state index contributed by atoms with van der Waals surface area (Å²) in [6, 6.07) is 8.22. The van der Waals surface area contributed by atoms with Crippen LogP contribution in [-0.4, -0.2) is 5.97 Å². The molecule has 0 spiro atoms. The van der Waals surface area contributed by atoms with Gasteiger partial charge in [0, 0.05) is 5.56 Å². The molecule has 0 aromatic heterocycles. The van der Waals surface area contributed by atoms with Gasteiger partial charge in [-0.25, -0.2) is 0 Å². The predicted molar refractivity (Wildman–Crippen MR) is 40.1 cm³/mol. The maximum absolute atomic E-state index is 10.5. The molecule has 3 heteroatoms. The quantitative estimate of drug-likeness (QED) is 0.617. The van der Waals surface area contributed by atoms with E-state index in [2.05, 4.69) is 0 Å². The zero-order valence-electron chi connectivity index (χ0n) is 6.28. The number of aromatic carboxylic acids is 1. The Bertz CT molecular complexity index is 339. The molecule has 0 bridgehead atoms. The summed E-state index contributed by atoms with van der Waals surface area (Å²) in [7, 11) is 0. The van der Waals surface area contributed by atoms with Crippen LogP contribution in [0.25, 0.3) is 0 Å². The minimum atomic E-state index is -1.24. The molecular formula is C9H6NO2-. The van der Waals surface area contributed by atoms with Crippen molar-refractivity contribution < 1.29 is 9.90 Å². The summed E-state index contributed by atoms with van der Waals surface area (Å²) < 4.78 is 0. The van der Waals surface area contributed by atoms with Gasteiger partial charge in [-0.05, 0) is 5.56 Å². The number of nitriles is 1. The van der Waals surface area contributed by atoms with Gasteiger partial charge in [-0.1, -0.05) is 24.3 Å². The minimum absolute atomic E-state index is 0.0963. The van der Waals surface area contributed by atoms with Gasteiger partial charge < -0.3 is 9.90 Å². The van der Waals surface area contributed by atoms with E-state index in [9.17, 15) is 9.90 Å². The molecule has 3 nitrogen and oxygen atoms in total. The topological polar surface area (TPSA) is 63.9 Å². The van der Waals surface area contributed by atoms with Gasteiger partial charge in [0.25, 0.3) is 0 Å². The highest BCUT2D eigenvalue weighted by molar-refractivity contribution is 5.87. The zero-order valence-corrected chi connectivity index (χ0v) is 6.28. The number of hydrogen-bond donors (Lipinski definition) is 0. The van der Waals surface area contributed by atoms with E-state index >= 15 is 0 Å². The van der Waals surface area contributed by atoms with Gasteiger partial charge >= 0.3 is 0 Å². The predicted octanol–water partition coefficient (Wildman–Crippen LogP) is 0.116. The van der Waals surface area contributed by atoms with Crippen molar-refractivity contribution in [2.75, 3.05) is 0 Å². The first-order valence-corrected chi connectivity index (χ1v) is 3.42. The van der Waals surface area contributed by atoms with E-state index in [4.69, 9.17) is 5.26 Å². The Balaban J connectivity index is 3.10. The lowest BCUT2D eigenvalue weighted by Gasteiger charge is -2.05. The van der Waals surface area contributed by atoms with Crippen molar-refractivity contribution in [3.63, 3.8) is 0 Å². The normalized spacial score (nSPS) is 8.92. The molecule has 0 aliphatic carbocycles. The van der Waals surface area contributed by atoms with Crippen LogP contribution < -0.4 is 5.11 Å². The van der Waals surface area contributed by atoms with Gasteiger partial charge in [0.05, 0.1) is 18.5 Å². The van der Waals surface area contributed by atoms with Crippen molar-refractivity contribution in [1.82, 2.24) is 0 Å². The fourth-order valence-electron chi connectivity index (χ4n) is 0.959. The molecule has 1 aromatic rings. The van der Waals surface area contributed by atoms with E-state index in [1.807, 2.05) is 6.07 Å². The molecule has 1 aromatic carbocycles. The molecular weight excluding hydrogens is 154 g/mol. The summed E-state index contributed by atoms with van der Waals surface area (Å²) in [4.78, 5) is 10.5. The van der Waals surface area contributed by atoms with E-state index in [0.29, 0.717) is 5.56 Å². The monoisotopic (exact) mass is 160 g/mol. The molecule has 0 saturated carbocycles. The lowest BCUT2D eigenvalue weighted by molar-refractivity contribution is -0.255. The van der Waals surface area contributed by atoms with Crippen LogP contribution in [0, 0.1) is 11.3 Å². The van der Waals surface area contributed by atoms with Crippen molar-refractivity contribution >= 4 is 5.97 Å². The second-order valence-corrected chi connectivity index (χ2v) is 2.28. The molecule has 0 aliphatic rings. The van der Waals surface area contributed by atoms with Crippen molar-refractivity contribution in [2.45, 2.75) is 6.42 Å². The van der Waals surface area contributed by atoms with Gasteiger partial charge in [-0.2, -0.15) is 5.26 Å². The number of carboxylic acids is 1. The second kappa shape index (κ2) is 3.54. The van der Waals surface area contributed by atoms with Gasteiger partial charge in [0.2, 0.25) is 0 Å². The molecule has 0 atom stereocenters. The van der Waals surface area contributed by atoms with Crippen LogP contribution in [0.4, 0.5) is 0 Å². The molecule has 1 rings (SSSR count). The fourth-order valence-corrected chi connectivity index (χ4v) is 0.959. The molecule has 0 aliphatic heterocycles. The lowest BCUT2D eigenvalue weighted by atomic mass is 10.1. The Morgan fingerprint density at radius 2 is 2.17 bits per heavy atom. The molecule has 0 heterocycles. The van der Waals surface area contributed by atoms with Gasteiger partial charge in [-0.15, -0.1) is 0 Å². The summed E-state index contributed by atoms with van der Waals surface area (Å²) in [5.41, 5.74) is 0.596. The molecule has 0 N–H and O–H groups in total. The largest absolute Gasteiger partial charge is 0.545 e. The third-order valence-corrected chi connectivity index (χ3v) is 1.51. The van der Waals surface area contributed by atoms with Crippen LogP contribution in [0.5, 0.6) is 0 Å². The van der Waals surface area contributed by atoms with Gasteiger partial charge in [-0.3, -0.25) is 0 Å². The number of carbonyl (C=O) groups is 1. The summed E-state index contributed by atoms with van der Waals surface area (Å²) in [6.07, 6.45) is 0.101. The maximum atomic E-state index is 10.5. The molecule has 0 radical (unpaired) electrons. The summed E-state index contributed by atoms with van der Waals surface area (Å²) in [5, 5.41) is 18.8. The van der Waals surface area contributed by atoms with E-state index < -0.39 is 5.97 Å². The van der Waals surface area contributed by atoms with Crippen LogP contribution in [0.15, 0.2) is 24.3 Å². The molecule has 0 unspecified atom stereocenters. The summed E-state index contributed by atoms with van der Waals surface area (Å²) in [5.74, 6) is -1.24. The molecule has 60 valence electrons. The third kappa shape index (κ3) is 1.61. The smallest absolute Gasteiger partial charge is 0.0718 e. The standard InChI is InChI=1S/C9H7NO2/c10-6-5-7-3-1-2-4-8(7)9(11)12/h1-4H,5H2,(H,11,12)/p-1. The average molecular weight is 160 g/mol. The highest BCUT2D eigenvalue weighted by Crippen LogP contribution is 2.07. The SMILES string of the molecule is N#CCc1ccccc1C(=O)[O-]. The van der Waals surface area contributed by atoms with Crippen molar-refractivity contribution in [2.24, 2.45) is 0 Å². The van der Waals surface area contributed by atoms with Gasteiger partial charge in [0.1, 0.15) is 0 Å². The van der Waals surface area contributed by atoms with E-state index in [-0.39, 0.29) is 12.0 Å². The highest BCUT2D eigenvalue weighted by Gasteiger charge is 2.00. The van der Waals surface area contributed by atoms with E-state index in [1.54, 1.807) is 18.2 Å². The van der Waals surface area contributed by atoms with Crippen LogP contribution in [-0.2, 0) is 6.42 Å². The summed E-state index contributed by atoms with van der Waals surface area (Å²) in [6.45, 7) is 0. The number of nitrogens with zero attached hydrogens (tertiary/aromatic N) is 1. The maximum Gasteiger partial charge on any atom is 0.0718 e. The Hall–Kier alpha value is -1.82. The molecule has 12 heavy (non-hydrogen) atoms. The van der Waals surface area contributed by atoms with Crippen molar-refractivity contribution in [3.05, 3.63) is 35.4 Å². The first-order chi connectivity index (χ1) is 5.75. The molecule has 0 fully saturated rings. The number of carbonyl (C=O) groups excluding carboxylic acids is 1. The Kier molecular flexibility index (Phi) is 2.44. The summed E-state index contributed by atoms with van der Waals surface area (Å²) >= 11 is 0. The van der Waals surface area contributed by atoms with Gasteiger partial charge in [0.15, 0.2) is 0 Å². The van der Waals surface area contributed by atoms with Crippen LogP contribution in [0.2, 0.25) is 0 Å². The van der Waals surface area contributed by atoms with Crippen LogP contribution >= 0.6 is 0 Å². The van der Waals surface area contributed by atoms with E-state index in [0.717, 1.165) is 0 Å².